The van der Waals surface area contributed by atoms with Gasteiger partial charge < -0.3 is 15.8 Å². The van der Waals surface area contributed by atoms with E-state index in [1.807, 2.05) is 13.8 Å². The Bertz CT molecular complexity index is 247. The average Bonchev–Trinajstić information content (AvgIpc) is 2.64. The van der Waals surface area contributed by atoms with Gasteiger partial charge in [-0.2, -0.15) is 0 Å². The number of hydrogen-bond acceptors (Lipinski definition) is 3. The fourth-order valence-corrected chi connectivity index (χ4v) is 2.17. The zero-order valence-electron chi connectivity index (χ0n) is 11.0. The molecule has 4 nitrogen and oxygen atoms in total. The lowest BCUT2D eigenvalue weighted by molar-refractivity contribution is -0.133. The molecule has 1 aliphatic rings. The number of halogens is 1. The minimum absolute atomic E-state index is 0. The number of nitrogens with one attached hydrogen (secondary N) is 1. The number of amides is 1. The summed E-state index contributed by atoms with van der Waals surface area (Å²) >= 11 is 0. The minimum Gasteiger partial charge on any atom is -0.364 e. The summed E-state index contributed by atoms with van der Waals surface area (Å²) in [7, 11) is 0. The third-order valence-electron chi connectivity index (χ3n) is 3.00. The molecular formula is C12H25ClN2O2. The van der Waals surface area contributed by atoms with Gasteiger partial charge >= 0.3 is 0 Å². The van der Waals surface area contributed by atoms with Crippen LogP contribution in [0.4, 0.5) is 0 Å². The molecule has 0 aliphatic carbocycles. The van der Waals surface area contributed by atoms with Crippen molar-refractivity contribution in [3.63, 3.8) is 0 Å². The summed E-state index contributed by atoms with van der Waals surface area (Å²) in [5.41, 5.74) is 5.37. The van der Waals surface area contributed by atoms with E-state index < -0.39 is 0 Å². The van der Waals surface area contributed by atoms with Gasteiger partial charge in [-0.25, -0.2) is 0 Å². The Labute approximate surface area is 110 Å². The quantitative estimate of drug-likeness (QED) is 0.793. The summed E-state index contributed by atoms with van der Waals surface area (Å²) in [5.74, 6) is 0.00870. The summed E-state index contributed by atoms with van der Waals surface area (Å²) in [6, 6.07) is 0. The van der Waals surface area contributed by atoms with Crippen LogP contribution >= 0.6 is 12.4 Å². The van der Waals surface area contributed by atoms with Crippen LogP contribution in [0.25, 0.3) is 0 Å². The van der Waals surface area contributed by atoms with Crippen molar-refractivity contribution in [2.24, 2.45) is 5.73 Å². The second-order valence-corrected chi connectivity index (χ2v) is 5.18. The number of nitrogens with two attached hydrogens (primary N) is 1. The van der Waals surface area contributed by atoms with E-state index in [4.69, 9.17) is 10.5 Å². The Kier molecular flexibility index (Phi) is 7.05. The zero-order chi connectivity index (χ0) is 12.2. The molecule has 1 amide bonds. The van der Waals surface area contributed by atoms with Crippen molar-refractivity contribution in [1.82, 2.24) is 5.32 Å². The molecule has 0 aromatic carbocycles. The molecule has 1 aliphatic heterocycles. The van der Waals surface area contributed by atoms with E-state index in [1.54, 1.807) is 0 Å². The number of ether oxygens (including phenoxy) is 1. The third kappa shape index (κ3) is 5.23. The van der Waals surface area contributed by atoms with Gasteiger partial charge in [0.05, 0.1) is 6.10 Å². The van der Waals surface area contributed by atoms with E-state index in [0.717, 1.165) is 25.7 Å². The van der Waals surface area contributed by atoms with Gasteiger partial charge in [0.1, 0.15) is 6.10 Å². The Hall–Kier alpha value is -0.320. The maximum Gasteiger partial charge on any atom is 0.249 e. The second kappa shape index (κ2) is 7.19. The van der Waals surface area contributed by atoms with Crippen LogP contribution in [0.15, 0.2) is 0 Å². The van der Waals surface area contributed by atoms with Crippen LogP contribution in [0.2, 0.25) is 0 Å². The molecule has 102 valence electrons. The molecule has 17 heavy (non-hydrogen) atoms. The fraction of sp³-hybridized carbons (Fsp3) is 0.917. The van der Waals surface area contributed by atoms with Gasteiger partial charge in [0.15, 0.2) is 0 Å². The van der Waals surface area contributed by atoms with Crippen molar-refractivity contribution in [1.29, 1.82) is 0 Å². The molecule has 0 unspecified atom stereocenters. The maximum atomic E-state index is 11.9. The molecule has 0 aromatic rings. The van der Waals surface area contributed by atoms with E-state index in [9.17, 15) is 4.79 Å². The monoisotopic (exact) mass is 264 g/mol. The number of carbonyl (C=O) groups is 1. The lowest BCUT2D eigenvalue weighted by Gasteiger charge is -2.27. The number of hydrogen-bond donors (Lipinski definition) is 2. The topological polar surface area (TPSA) is 64.4 Å². The van der Waals surface area contributed by atoms with Gasteiger partial charge in [-0.05, 0) is 33.1 Å². The zero-order valence-corrected chi connectivity index (χ0v) is 11.8. The van der Waals surface area contributed by atoms with E-state index >= 15 is 0 Å². The van der Waals surface area contributed by atoms with Gasteiger partial charge in [-0.15, -0.1) is 12.4 Å². The lowest BCUT2D eigenvalue weighted by Crippen LogP contribution is -2.47. The van der Waals surface area contributed by atoms with Gasteiger partial charge in [0, 0.05) is 12.1 Å². The molecule has 0 aromatic heterocycles. The Morgan fingerprint density at radius 3 is 2.59 bits per heavy atom. The van der Waals surface area contributed by atoms with Crippen molar-refractivity contribution in [3.05, 3.63) is 0 Å². The molecular weight excluding hydrogens is 240 g/mol. The van der Waals surface area contributed by atoms with E-state index in [2.05, 4.69) is 12.2 Å². The van der Waals surface area contributed by atoms with Crippen molar-refractivity contribution in [3.8, 4) is 0 Å². The third-order valence-corrected chi connectivity index (χ3v) is 3.00. The summed E-state index contributed by atoms with van der Waals surface area (Å²) in [5, 5.41) is 3.04. The van der Waals surface area contributed by atoms with E-state index in [1.165, 1.54) is 0 Å². The Morgan fingerprint density at radius 2 is 2.12 bits per heavy atom. The summed E-state index contributed by atoms with van der Waals surface area (Å²) in [6.45, 7) is 6.71. The first-order valence-electron chi connectivity index (χ1n) is 6.16. The highest BCUT2D eigenvalue weighted by atomic mass is 35.5. The molecule has 3 N–H and O–H groups in total. The summed E-state index contributed by atoms with van der Waals surface area (Å²) in [6.07, 6.45) is 3.48. The van der Waals surface area contributed by atoms with Crippen LogP contribution in [-0.4, -0.2) is 30.2 Å². The molecule has 2 atom stereocenters. The highest BCUT2D eigenvalue weighted by molar-refractivity contribution is 5.85. The standard InChI is InChI=1S/C12H24N2O2.ClH/c1-4-7-12(2,3)14-11(15)10-6-5-9(8-13)16-10;/h9-10H,4-8,13H2,1-3H3,(H,14,15);1H/t9-,10+;/m1./s1. The SMILES string of the molecule is CCCC(C)(C)NC(=O)[C@@H]1CC[C@H](CN)O1.Cl. The smallest absolute Gasteiger partial charge is 0.249 e. The number of carbonyl (C=O) groups excluding carboxylic acids is 1. The predicted octanol–water partition coefficient (Wildman–Crippen LogP) is 1.61. The molecule has 0 bridgehead atoms. The van der Waals surface area contributed by atoms with Gasteiger partial charge in [-0.3, -0.25) is 4.79 Å². The molecule has 1 rings (SSSR count). The van der Waals surface area contributed by atoms with Crippen LogP contribution in [0.3, 0.4) is 0 Å². The normalized spacial score (nSPS) is 24.2. The molecule has 0 saturated carbocycles. The van der Waals surface area contributed by atoms with Gasteiger partial charge in [-0.1, -0.05) is 13.3 Å². The minimum atomic E-state index is -0.301. The lowest BCUT2D eigenvalue weighted by atomic mass is 9.98. The first kappa shape index (κ1) is 16.7. The summed E-state index contributed by atoms with van der Waals surface area (Å²) < 4.78 is 5.56. The molecule has 1 fully saturated rings. The highest BCUT2D eigenvalue weighted by Crippen LogP contribution is 2.20. The first-order chi connectivity index (χ1) is 7.48. The van der Waals surface area contributed by atoms with Crippen molar-refractivity contribution in [2.45, 2.75) is 64.2 Å². The van der Waals surface area contributed by atoms with Gasteiger partial charge in [0.25, 0.3) is 0 Å². The molecule has 0 radical (unpaired) electrons. The van der Waals surface area contributed by atoms with Crippen LogP contribution < -0.4 is 11.1 Å². The first-order valence-corrected chi connectivity index (χ1v) is 6.16. The van der Waals surface area contributed by atoms with Crippen LogP contribution in [0.5, 0.6) is 0 Å². The molecule has 0 spiro atoms. The fourth-order valence-electron chi connectivity index (χ4n) is 2.17. The average molecular weight is 265 g/mol. The number of rotatable bonds is 5. The summed E-state index contributed by atoms with van der Waals surface area (Å²) in [4.78, 5) is 11.9. The van der Waals surface area contributed by atoms with Crippen molar-refractivity contribution in [2.75, 3.05) is 6.54 Å². The van der Waals surface area contributed by atoms with Gasteiger partial charge in [0.2, 0.25) is 5.91 Å². The maximum absolute atomic E-state index is 11.9. The van der Waals surface area contributed by atoms with E-state index in [0.29, 0.717) is 6.54 Å². The van der Waals surface area contributed by atoms with Crippen molar-refractivity contribution >= 4 is 18.3 Å². The largest absolute Gasteiger partial charge is 0.364 e. The Balaban J connectivity index is 0.00000256. The van der Waals surface area contributed by atoms with Crippen molar-refractivity contribution < 1.29 is 9.53 Å². The van der Waals surface area contributed by atoms with Crippen LogP contribution in [0, 0.1) is 0 Å². The highest BCUT2D eigenvalue weighted by Gasteiger charge is 2.32. The van der Waals surface area contributed by atoms with E-state index in [-0.39, 0.29) is 36.1 Å². The Morgan fingerprint density at radius 1 is 1.47 bits per heavy atom. The molecule has 1 heterocycles. The second-order valence-electron chi connectivity index (χ2n) is 5.18. The molecule has 5 heteroatoms. The predicted molar refractivity (Wildman–Crippen MR) is 71.3 cm³/mol. The molecule has 1 saturated heterocycles. The van der Waals surface area contributed by atoms with Crippen LogP contribution in [0.1, 0.15) is 46.5 Å². The van der Waals surface area contributed by atoms with Crippen LogP contribution in [-0.2, 0) is 9.53 Å².